The monoisotopic (exact) mass is 284 g/mol. The Bertz CT molecular complexity index is 531. The number of benzene rings is 1. The first kappa shape index (κ1) is 13.9. The number of aromatic nitrogens is 1. The third-order valence-corrected chi connectivity index (χ3v) is 3.28. The summed E-state index contributed by atoms with van der Waals surface area (Å²) < 4.78 is 28.7. The Hall–Kier alpha value is -1.53. The van der Waals surface area contributed by atoms with Gasteiger partial charge in [0.25, 0.3) is 0 Å². The lowest BCUT2D eigenvalue weighted by Crippen LogP contribution is -2.11. The maximum Gasteiger partial charge on any atom is 0.387 e. The highest BCUT2D eigenvalue weighted by Gasteiger charge is 2.08. The van der Waals surface area contributed by atoms with E-state index in [1.165, 1.54) is 6.07 Å². The molecule has 1 aromatic carbocycles. The molecule has 0 saturated carbocycles. The van der Waals surface area contributed by atoms with Crippen molar-refractivity contribution in [3.8, 4) is 17.0 Å². The van der Waals surface area contributed by atoms with E-state index in [0.29, 0.717) is 6.54 Å². The van der Waals surface area contributed by atoms with Crippen molar-refractivity contribution in [3.63, 3.8) is 0 Å². The van der Waals surface area contributed by atoms with Crippen LogP contribution in [0, 0.1) is 0 Å². The lowest BCUT2D eigenvalue weighted by Gasteiger charge is -2.05. The van der Waals surface area contributed by atoms with Gasteiger partial charge in [-0.25, -0.2) is 4.98 Å². The largest absolute Gasteiger partial charge is 0.435 e. The van der Waals surface area contributed by atoms with E-state index in [1.54, 1.807) is 23.5 Å². The number of thiazole rings is 1. The molecule has 0 saturated heterocycles. The fourth-order valence-electron chi connectivity index (χ4n) is 1.59. The lowest BCUT2D eigenvalue weighted by molar-refractivity contribution is -0.0498. The van der Waals surface area contributed by atoms with E-state index >= 15 is 0 Å². The molecule has 6 heteroatoms. The average Bonchev–Trinajstić information content (AvgIpc) is 2.84. The predicted molar refractivity (Wildman–Crippen MR) is 71.6 cm³/mol. The third-order valence-electron chi connectivity index (χ3n) is 2.43. The van der Waals surface area contributed by atoms with Crippen LogP contribution in [0.1, 0.15) is 11.9 Å². The minimum atomic E-state index is -2.81. The molecule has 0 unspecified atom stereocenters. The van der Waals surface area contributed by atoms with Gasteiger partial charge in [-0.1, -0.05) is 19.1 Å². The Labute approximate surface area is 114 Å². The molecule has 2 rings (SSSR count). The maximum absolute atomic E-state index is 12.2. The van der Waals surface area contributed by atoms with Crippen LogP contribution in [0.15, 0.2) is 29.6 Å². The van der Waals surface area contributed by atoms with Gasteiger partial charge in [-0.05, 0) is 18.7 Å². The number of hydrogen-bond acceptors (Lipinski definition) is 4. The van der Waals surface area contributed by atoms with Crippen molar-refractivity contribution >= 4 is 11.3 Å². The highest BCUT2D eigenvalue weighted by molar-refractivity contribution is 7.09. The molecular formula is C13H14F2N2OS. The quantitative estimate of drug-likeness (QED) is 0.881. The third kappa shape index (κ3) is 3.97. The summed E-state index contributed by atoms with van der Waals surface area (Å²) in [6.45, 7) is 0.815. The molecule has 0 amide bonds. The zero-order chi connectivity index (χ0) is 13.7. The predicted octanol–water partition coefficient (Wildman–Crippen LogP) is 3.52. The molecule has 1 aromatic heterocycles. The summed E-state index contributed by atoms with van der Waals surface area (Å²) in [5.74, 6) is 0.147. The summed E-state index contributed by atoms with van der Waals surface area (Å²) in [5.41, 5.74) is 1.55. The summed E-state index contributed by atoms with van der Waals surface area (Å²) in [6.07, 6.45) is 0. The second-order valence-electron chi connectivity index (χ2n) is 3.81. The molecule has 0 aliphatic heterocycles. The van der Waals surface area contributed by atoms with E-state index in [2.05, 4.69) is 15.0 Å². The van der Waals surface area contributed by atoms with Gasteiger partial charge in [-0.2, -0.15) is 8.78 Å². The van der Waals surface area contributed by atoms with Crippen molar-refractivity contribution < 1.29 is 13.5 Å². The molecule has 0 atom stereocenters. The first-order valence-electron chi connectivity index (χ1n) is 5.89. The minimum Gasteiger partial charge on any atom is -0.435 e. The Kier molecular flexibility index (Phi) is 4.81. The van der Waals surface area contributed by atoms with Crippen molar-refractivity contribution in [3.05, 3.63) is 34.7 Å². The van der Waals surface area contributed by atoms with Gasteiger partial charge in [-0.3, -0.25) is 0 Å². The van der Waals surface area contributed by atoms with E-state index in [1.807, 2.05) is 18.4 Å². The van der Waals surface area contributed by atoms with Crippen molar-refractivity contribution in [1.29, 1.82) is 0 Å². The van der Waals surface area contributed by atoms with E-state index in [0.717, 1.165) is 22.8 Å². The van der Waals surface area contributed by atoms with Crippen LogP contribution in [-0.2, 0) is 6.54 Å². The first-order chi connectivity index (χ1) is 9.19. The maximum atomic E-state index is 12.2. The van der Waals surface area contributed by atoms with Gasteiger partial charge in [0.1, 0.15) is 10.8 Å². The lowest BCUT2D eigenvalue weighted by atomic mass is 10.2. The molecule has 19 heavy (non-hydrogen) atoms. The van der Waals surface area contributed by atoms with Crippen LogP contribution in [0.3, 0.4) is 0 Å². The summed E-state index contributed by atoms with van der Waals surface area (Å²) in [7, 11) is 0. The Morgan fingerprint density at radius 1 is 1.42 bits per heavy atom. The molecule has 0 aliphatic carbocycles. The van der Waals surface area contributed by atoms with Gasteiger partial charge in [0, 0.05) is 17.5 Å². The fourth-order valence-corrected chi connectivity index (χ4v) is 2.36. The van der Waals surface area contributed by atoms with Crippen LogP contribution in [0.25, 0.3) is 11.3 Å². The van der Waals surface area contributed by atoms with Gasteiger partial charge in [0.15, 0.2) is 0 Å². The van der Waals surface area contributed by atoms with Crippen LogP contribution >= 0.6 is 11.3 Å². The molecule has 0 radical (unpaired) electrons. The number of nitrogens with zero attached hydrogens (tertiary/aromatic N) is 1. The Morgan fingerprint density at radius 2 is 2.26 bits per heavy atom. The molecule has 0 bridgehead atoms. The molecule has 3 nitrogen and oxygen atoms in total. The van der Waals surface area contributed by atoms with E-state index in [4.69, 9.17) is 0 Å². The average molecular weight is 284 g/mol. The van der Waals surface area contributed by atoms with Gasteiger partial charge >= 0.3 is 6.61 Å². The van der Waals surface area contributed by atoms with Crippen LogP contribution in [0.2, 0.25) is 0 Å². The minimum absolute atomic E-state index is 0.147. The highest BCUT2D eigenvalue weighted by Crippen LogP contribution is 2.26. The molecule has 2 aromatic rings. The standard InChI is InChI=1S/C13H14F2N2OS/c1-2-16-7-12-17-11(8-19-12)9-4-3-5-10(6-9)18-13(14)15/h3-6,8,13,16H,2,7H2,1H3. The Morgan fingerprint density at radius 3 is 3.00 bits per heavy atom. The van der Waals surface area contributed by atoms with E-state index < -0.39 is 6.61 Å². The zero-order valence-corrected chi connectivity index (χ0v) is 11.2. The normalized spacial score (nSPS) is 10.9. The smallest absolute Gasteiger partial charge is 0.387 e. The topological polar surface area (TPSA) is 34.2 Å². The van der Waals surface area contributed by atoms with Crippen LogP contribution < -0.4 is 10.1 Å². The SMILES string of the molecule is CCNCc1nc(-c2cccc(OC(F)F)c2)cs1. The molecule has 102 valence electrons. The van der Waals surface area contributed by atoms with Crippen LogP contribution in [0.5, 0.6) is 5.75 Å². The number of hydrogen-bond donors (Lipinski definition) is 1. The van der Waals surface area contributed by atoms with Crippen LogP contribution in [-0.4, -0.2) is 18.1 Å². The summed E-state index contributed by atoms with van der Waals surface area (Å²) >= 11 is 1.54. The van der Waals surface area contributed by atoms with E-state index in [9.17, 15) is 8.78 Å². The summed E-state index contributed by atoms with van der Waals surface area (Å²) in [6, 6.07) is 6.57. The number of halogens is 2. The second-order valence-corrected chi connectivity index (χ2v) is 4.76. The fraction of sp³-hybridized carbons (Fsp3) is 0.308. The van der Waals surface area contributed by atoms with Crippen molar-refractivity contribution in [2.45, 2.75) is 20.1 Å². The number of alkyl halides is 2. The van der Waals surface area contributed by atoms with Crippen molar-refractivity contribution in [2.24, 2.45) is 0 Å². The first-order valence-corrected chi connectivity index (χ1v) is 6.77. The number of nitrogens with one attached hydrogen (secondary N) is 1. The highest BCUT2D eigenvalue weighted by atomic mass is 32.1. The van der Waals surface area contributed by atoms with Crippen LogP contribution in [0.4, 0.5) is 8.78 Å². The molecule has 1 N–H and O–H groups in total. The number of rotatable bonds is 6. The summed E-state index contributed by atoms with van der Waals surface area (Å²) in [5, 5.41) is 6.07. The van der Waals surface area contributed by atoms with Crippen molar-refractivity contribution in [1.82, 2.24) is 10.3 Å². The molecule has 0 fully saturated rings. The zero-order valence-electron chi connectivity index (χ0n) is 10.4. The van der Waals surface area contributed by atoms with Crippen molar-refractivity contribution in [2.75, 3.05) is 6.54 Å². The Balaban J connectivity index is 2.14. The van der Waals surface area contributed by atoms with Gasteiger partial charge in [0.2, 0.25) is 0 Å². The van der Waals surface area contributed by atoms with E-state index in [-0.39, 0.29) is 5.75 Å². The summed E-state index contributed by atoms with van der Waals surface area (Å²) in [4.78, 5) is 4.45. The molecular weight excluding hydrogens is 270 g/mol. The van der Waals surface area contributed by atoms with Gasteiger partial charge in [-0.15, -0.1) is 11.3 Å². The van der Waals surface area contributed by atoms with Gasteiger partial charge < -0.3 is 10.1 Å². The second kappa shape index (κ2) is 6.58. The van der Waals surface area contributed by atoms with Gasteiger partial charge in [0.05, 0.1) is 5.69 Å². The molecule has 1 heterocycles. The molecule has 0 aliphatic rings. The molecule has 0 spiro atoms. The number of ether oxygens (including phenoxy) is 1.